The Balaban J connectivity index is -0.000000403. The predicted molar refractivity (Wildman–Crippen MR) is 67.5 cm³/mol. The van der Waals surface area contributed by atoms with Crippen molar-refractivity contribution >= 4 is 43.1 Å². The lowest BCUT2D eigenvalue weighted by Gasteiger charge is -2.21. The zero-order valence-corrected chi connectivity index (χ0v) is 10.9. The van der Waals surface area contributed by atoms with Gasteiger partial charge in [0.05, 0.1) is 13.2 Å². The van der Waals surface area contributed by atoms with E-state index < -0.39 is 0 Å². The highest BCUT2D eigenvalue weighted by atomic mass is 35.5. The van der Waals surface area contributed by atoms with Gasteiger partial charge in [-0.2, -0.15) is 0 Å². The molecule has 0 spiro atoms. The van der Waals surface area contributed by atoms with Crippen molar-refractivity contribution in [3.63, 3.8) is 0 Å². The SMILES string of the molecule is CC(C)C1=NCCN1CCO.Cl.Cl.Cl. The van der Waals surface area contributed by atoms with Crippen molar-refractivity contribution in [3.05, 3.63) is 0 Å². The molecule has 3 nitrogen and oxygen atoms in total. The molecule has 0 saturated heterocycles. The van der Waals surface area contributed by atoms with E-state index in [1.807, 2.05) is 0 Å². The maximum absolute atomic E-state index is 8.73. The number of β-amino-alcohol motifs (C(OH)–C–C–N with tert-alkyl or cyclic N) is 1. The number of halogens is 3. The van der Waals surface area contributed by atoms with Crippen LogP contribution in [0.25, 0.3) is 0 Å². The second kappa shape index (κ2) is 9.84. The van der Waals surface area contributed by atoms with Gasteiger partial charge in [-0.25, -0.2) is 0 Å². The van der Waals surface area contributed by atoms with Gasteiger partial charge in [-0.3, -0.25) is 4.99 Å². The van der Waals surface area contributed by atoms with Gasteiger partial charge >= 0.3 is 0 Å². The molecular formula is C8H19Cl3N2O. The van der Waals surface area contributed by atoms with E-state index in [-0.39, 0.29) is 43.8 Å². The summed E-state index contributed by atoms with van der Waals surface area (Å²) in [6, 6.07) is 0. The molecule has 0 radical (unpaired) electrons. The minimum absolute atomic E-state index is 0. The molecule has 0 aromatic rings. The smallest absolute Gasteiger partial charge is 0.102 e. The third-order valence-electron chi connectivity index (χ3n) is 1.85. The van der Waals surface area contributed by atoms with Crippen LogP contribution < -0.4 is 0 Å². The van der Waals surface area contributed by atoms with Gasteiger partial charge in [-0.05, 0) is 0 Å². The molecule has 0 aromatic heterocycles. The molecule has 0 aliphatic carbocycles. The molecule has 1 aliphatic rings. The molecule has 0 fully saturated rings. The van der Waals surface area contributed by atoms with E-state index in [1.54, 1.807) is 0 Å². The quantitative estimate of drug-likeness (QED) is 0.842. The molecule has 88 valence electrons. The van der Waals surface area contributed by atoms with Crippen molar-refractivity contribution in [3.8, 4) is 0 Å². The molecule has 1 rings (SSSR count). The van der Waals surface area contributed by atoms with Gasteiger partial charge in [0.1, 0.15) is 5.84 Å². The fourth-order valence-electron chi connectivity index (χ4n) is 1.39. The Morgan fingerprint density at radius 3 is 2.36 bits per heavy atom. The van der Waals surface area contributed by atoms with Crippen LogP contribution in [-0.4, -0.2) is 42.1 Å². The van der Waals surface area contributed by atoms with Crippen molar-refractivity contribution in [2.24, 2.45) is 10.9 Å². The predicted octanol–water partition coefficient (Wildman–Crippen LogP) is 1.61. The summed E-state index contributed by atoms with van der Waals surface area (Å²) >= 11 is 0. The van der Waals surface area contributed by atoms with E-state index in [4.69, 9.17) is 5.11 Å². The second-order valence-corrected chi connectivity index (χ2v) is 3.11. The Morgan fingerprint density at radius 2 is 1.93 bits per heavy atom. The van der Waals surface area contributed by atoms with E-state index in [0.717, 1.165) is 25.5 Å². The van der Waals surface area contributed by atoms with Crippen molar-refractivity contribution < 1.29 is 5.11 Å². The van der Waals surface area contributed by atoms with Gasteiger partial charge in [0.25, 0.3) is 0 Å². The molecular weight excluding hydrogens is 246 g/mol. The highest BCUT2D eigenvalue weighted by molar-refractivity contribution is 5.86. The normalized spacial score (nSPS) is 14.0. The fourth-order valence-corrected chi connectivity index (χ4v) is 1.39. The summed E-state index contributed by atoms with van der Waals surface area (Å²) in [4.78, 5) is 6.52. The number of aliphatic hydroxyl groups is 1. The largest absolute Gasteiger partial charge is 0.395 e. The van der Waals surface area contributed by atoms with Crippen molar-refractivity contribution in [1.82, 2.24) is 4.90 Å². The number of hydrogen-bond donors (Lipinski definition) is 1. The van der Waals surface area contributed by atoms with Crippen LogP contribution in [0.5, 0.6) is 0 Å². The summed E-state index contributed by atoms with van der Waals surface area (Å²) in [6.07, 6.45) is 0. The van der Waals surface area contributed by atoms with Crippen LogP contribution in [0.1, 0.15) is 13.8 Å². The molecule has 0 atom stereocenters. The molecule has 1 N–H and O–H groups in total. The van der Waals surface area contributed by atoms with Gasteiger partial charge in [0, 0.05) is 19.0 Å². The van der Waals surface area contributed by atoms with Gasteiger partial charge in [-0.1, -0.05) is 13.8 Å². The van der Waals surface area contributed by atoms with Gasteiger partial charge < -0.3 is 10.0 Å². The minimum atomic E-state index is 0. The lowest BCUT2D eigenvalue weighted by molar-refractivity contribution is 0.253. The summed E-state index contributed by atoms with van der Waals surface area (Å²) in [7, 11) is 0. The van der Waals surface area contributed by atoms with Crippen LogP contribution in [0.2, 0.25) is 0 Å². The zero-order chi connectivity index (χ0) is 8.27. The molecule has 1 heterocycles. The van der Waals surface area contributed by atoms with E-state index >= 15 is 0 Å². The van der Waals surface area contributed by atoms with Crippen molar-refractivity contribution in [2.75, 3.05) is 26.2 Å². The average Bonchev–Trinajstić information content (AvgIpc) is 2.36. The van der Waals surface area contributed by atoms with Crippen LogP contribution in [0, 0.1) is 5.92 Å². The Hall–Kier alpha value is 0.300. The van der Waals surface area contributed by atoms with E-state index in [2.05, 4.69) is 23.7 Å². The molecule has 1 aliphatic heterocycles. The highest BCUT2D eigenvalue weighted by Gasteiger charge is 2.18. The van der Waals surface area contributed by atoms with Crippen molar-refractivity contribution in [2.45, 2.75) is 13.8 Å². The summed E-state index contributed by atoms with van der Waals surface area (Å²) < 4.78 is 0. The summed E-state index contributed by atoms with van der Waals surface area (Å²) in [5, 5.41) is 8.73. The maximum Gasteiger partial charge on any atom is 0.102 e. The lowest BCUT2D eigenvalue weighted by Crippen LogP contribution is -2.33. The lowest BCUT2D eigenvalue weighted by atomic mass is 10.2. The summed E-state index contributed by atoms with van der Waals surface area (Å²) in [5.74, 6) is 1.64. The molecule has 0 unspecified atom stereocenters. The summed E-state index contributed by atoms with van der Waals surface area (Å²) in [5.41, 5.74) is 0. The Labute approximate surface area is 104 Å². The molecule has 0 amide bonds. The first kappa shape index (κ1) is 19.8. The van der Waals surface area contributed by atoms with Crippen LogP contribution in [0.4, 0.5) is 0 Å². The minimum Gasteiger partial charge on any atom is -0.395 e. The first-order chi connectivity index (χ1) is 5.25. The first-order valence-corrected chi connectivity index (χ1v) is 4.16. The van der Waals surface area contributed by atoms with Gasteiger partial charge in [0.2, 0.25) is 0 Å². The monoisotopic (exact) mass is 264 g/mol. The van der Waals surface area contributed by atoms with E-state index in [0.29, 0.717) is 5.92 Å². The Bertz CT molecular complexity index is 165. The highest BCUT2D eigenvalue weighted by Crippen LogP contribution is 2.08. The number of amidine groups is 1. The van der Waals surface area contributed by atoms with Crippen LogP contribution in [-0.2, 0) is 0 Å². The number of aliphatic imine (C=N–C) groups is 1. The van der Waals surface area contributed by atoms with E-state index in [9.17, 15) is 0 Å². The first-order valence-electron chi connectivity index (χ1n) is 4.16. The molecule has 6 heteroatoms. The third-order valence-corrected chi connectivity index (χ3v) is 1.85. The van der Waals surface area contributed by atoms with Gasteiger partial charge in [0.15, 0.2) is 0 Å². The van der Waals surface area contributed by atoms with Gasteiger partial charge in [-0.15, -0.1) is 37.2 Å². The molecule has 14 heavy (non-hydrogen) atoms. The van der Waals surface area contributed by atoms with Crippen LogP contribution in [0.3, 0.4) is 0 Å². The fraction of sp³-hybridized carbons (Fsp3) is 0.875. The number of hydrogen-bond acceptors (Lipinski definition) is 3. The van der Waals surface area contributed by atoms with E-state index in [1.165, 1.54) is 0 Å². The molecule has 0 saturated carbocycles. The zero-order valence-electron chi connectivity index (χ0n) is 8.47. The summed E-state index contributed by atoms with van der Waals surface area (Å²) in [6.45, 7) is 7.10. The topological polar surface area (TPSA) is 35.8 Å². The molecule has 0 bridgehead atoms. The molecule has 0 aromatic carbocycles. The second-order valence-electron chi connectivity index (χ2n) is 3.11. The standard InChI is InChI=1S/C8H16N2O.3ClH/c1-7(2)8-9-3-4-10(8)5-6-11;;;/h7,11H,3-6H2,1-2H3;3*1H. The average molecular weight is 266 g/mol. The van der Waals surface area contributed by atoms with Crippen LogP contribution in [0.15, 0.2) is 4.99 Å². The third kappa shape index (κ3) is 5.25. The Kier molecular flexibility index (Phi) is 13.9. The number of nitrogens with zero attached hydrogens (tertiary/aromatic N) is 2. The number of rotatable bonds is 3. The van der Waals surface area contributed by atoms with Crippen molar-refractivity contribution in [1.29, 1.82) is 0 Å². The Morgan fingerprint density at radius 1 is 1.36 bits per heavy atom. The maximum atomic E-state index is 8.73. The number of aliphatic hydroxyl groups excluding tert-OH is 1. The van der Waals surface area contributed by atoms with Crippen LogP contribution >= 0.6 is 37.2 Å².